The Labute approximate surface area is 170 Å². The van der Waals surface area contributed by atoms with Crippen molar-refractivity contribution in [2.45, 2.75) is 19.9 Å². The van der Waals surface area contributed by atoms with E-state index in [-0.39, 0.29) is 11.9 Å². The first-order valence-electron chi connectivity index (χ1n) is 9.79. The van der Waals surface area contributed by atoms with Crippen LogP contribution >= 0.6 is 0 Å². The van der Waals surface area contributed by atoms with Crippen molar-refractivity contribution in [2.24, 2.45) is 0 Å². The Morgan fingerprint density at radius 3 is 2.62 bits per heavy atom. The van der Waals surface area contributed by atoms with Gasteiger partial charge in [0, 0.05) is 41.3 Å². The largest absolute Gasteiger partial charge is 0.497 e. The van der Waals surface area contributed by atoms with Gasteiger partial charge in [0.25, 0.3) is 0 Å². The minimum absolute atomic E-state index is 0.0754. The molecule has 0 radical (unpaired) electrons. The first kappa shape index (κ1) is 19.3. The summed E-state index contributed by atoms with van der Waals surface area (Å²) in [6.45, 7) is 5.02. The van der Waals surface area contributed by atoms with Crippen LogP contribution in [0.2, 0.25) is 0 Å². The lowest BCUT2D eigenvalue weighted by molar-refractivity contribution is -0.127. The van der Waals surface area contributed by atoms with E-state index in [0.29, 0.717) is 13.2 Å². The van der Waals surface area contributed by atoms with Crippen LogP contribution in [0.15, 0.2) is 59.7 Å². The maximum Gasteiger partial charge on any atom is 0.250 e. The Hall–Kier alpha value is -3.05. The van der Waals surface area contributed by atoms with Crippen molar-refractivity contribution in [1.82, 2.24) is 9.88 Å². The van der Waals surface area contributed by atoms with Gasteiger partial charge in [0.1, 0.15) is 5.75 Å². The molecule has 0 unspecified atom stereocenters. The highest BCUT2D eigenvalue weighted by atomic mass is 16.5. The molecule has 2 aromatic carbocycles. The molecule has 1 aromatic heterocycles. The van der Waals surface area contributed by atoms with Crippen LogP contribution in [0.4, 0.5) is 0 Å². The van der Waals surface area contributed by atoms with E-state index in [4.69, 9.17) is 9.47 Å². The molecule has 1 atom stereocenters. The lowest BCUT2D eigenvalue weighted by Crippen LogP contribution is -2.33. The highest BCUT2D eigenvalue weighted by Gasteiger charge is 2.38. The standard InChI is InChI=1S/C24H26N2O3/c1-15-16(2)24(27)26(12-13-28-3)23(15)21-19-10-5-6-11-20(19)25-22(21)17-8-7-9-18(14-17)29-4/h5-11,14,23,25H,12-13H2,1-4H3/t23-/m0/s1. The number of carbonyl (C=O) groups excluding carboxylic acids is 1. The van der Waals surface area contributed by atoms with E-state index < -0.39 is 0 Å². The maximum absolute atomic E-state index is 13.0. The van der Waals surface area contributed by atoms with Crippen LogP contribution in [-0.4, -0.2) is 43.2 Å². The fourth-order valence-corrected chi connectivity index (χ4v) is 4.19. The maximum atomic E-state index is 13.0. The smallest absolute Gasteiger partial charge is 0.250 e. The molecule has 2 heterocycles. The minimum atomic E-state index is -0.130. The molecule has 0 saturated carbocycles. The van der Waals surface area contributed by atoms with Gasteiger partial charge in [-0.2, -0.15) is 0 Å². The fraction of sp³-hybridized carbons (Fsp3) is 0.292. The minimum Gasteiger partial charge on any atom is -0.497 e. The lowest BCUT2D eigenvalue weighted by atomic mass is 9.93. The number of rotatable bonds is 6. The molecule has 1 N–H and O–H groups in total. The van der Waals surface area contributed by atoms with Crippen LogP contribution in [0.25, 0.3) is 22.2 Å². The highest BCUT2D eigenvalue weighted by molar-refractivity contribution is 6.00. The van der Waals surface area contributed by atoms with E-state index in [9.17, 15) is 4.79 Å². The summed E-state index contributed by atoms with van der Waals surface area (Å²) in [4.78, 5) is 18.5. The molecular formula is C24H26N2O3. The van der Waals surface area contributed by atoms with Crippen molar-refractivity contribution in [3.63, 3.8) is 0 Å². The van der Waals surface area contributed by atoms with Gasteiger partial charge in [0.2, 0.25) is 5.91 Å². The first-order chi connectivity index (χ1) is 14.1. The summed E-state index contributed by atoms with van der Waals surface area (Å²) in [7, 11) is 3.33. The van der Waals surface area contributed by atoms with Crippen LogP contribution in [-0.2, 0) is 9.53 Å². The molecule has 1 aliphatic heterocycles. The Morgan fingerprint density at radius 2 is 1.86 bits per heavy atom. The van der Waals surface area contributed by atoms with Crippen molar-refractivity contribution >= 4 is 16.8 Å². The summed E-state index contributed by atoms with van der Waals surface area (Å²) >= 11 is 0. The van der Waals surface area contributed by atoms with Gasteiger partial charge >= 0.3 is 0 Å². The summed E-state index contributed by atoms with van der Waals surface area (Å²) in [5.41, 5.74) is 6.11. The number of methoxy groups -OCH3 is 2. The summed E-state index contributed by atoms with van der Waals surface area (Å²) < 4.78 is 10.7. The van der Waals surface area contributed by atoms with Crippen molar-refractivity contribution in [3.8, 4) is 17.0 Å². The molecule has 29 heavy (non-hydrogen) atoms. The van der Waals surface area contributed by atoms with Gasteiger partial charge in [-0.15, -0.1) is 0 Å². The van der Waals surface area contributed by atoms with Crippen molar-refractivity contribution in [3.05, 3.63) is 65.2 Å². The number of aromatic nitrogens is 1. The summed E-state index contributed by atoms with van der Waals surface area (Å²) in [5, 5.41) is 1.12. The topological polar surface area (TPSA) is 54.6 Å². The van der Waals surface area contributed by atoms with Crippen LogP contribution in [0, 0.1) is 0 Å². The van der Waals surface area contributed by atoms with Crippen LogP contribution < -0.4 is 4.74 Å². The second-order valence-electron chi connectivity index (χ2n) is 7.39. The first-order valence-corrected chi connectivity index (χ1v) is 9.79. The molecular weight excluding hydrogens is 364 g/mol. The van der Waals surface area contributed by atoms with Crippen molar-refractivity contribution < 1.29 is 14.3 Å². The second-order valence-corrected chi connectivity index (χ2v) is 7.39. The van der Waals surface area contributed by atoms with E-state index >= 15 is 0 Å². The van der Waals surface area contributed by atoms with Gasteiger partial charge in [0.05, 0.1) is 25.5 Å². The quantitative estimate of drug-likeness (QED) is 0.663. The monoisotopic (exact) mass is 390 g/mol. The number of para-hydroxylation sites is 1. The molecule has 0 spiro atoms. The zero-order valence-corrected chi connectivity index (χ0v) is 17.3. The fourth-order valence-electron chi connectivity index (χ4n) is 4.19. The van der Waals surface area contributed by atoms with Gasteiger partial charge in [-0.05, 0) is 37.6 Å². The Morgan fingerprint density at radius 1 is 1.07 bits per heavy atom. The van der Waals surface area contributed by atoms with Gasteiger partial charge in [-0.3, -0.25) is 4.79 Å². The van der Waals surface area contributed by atoms with E-state index in [2.05, 4.69) is 30.1 Å². The number of ether oxygens (including phenoxy) is 2. The molecule has 1 aliphatic rings. The number of fused-ring (bicyclic) bond motifs is 1. The van der Waals surface area contributed by atoms with E-state index in [0.717, 1.165) is 44.6 Å². The van der Waals surface area contributed by atoms with Gasteiger partial charge in [0.15, 0.2) is 0 Å². The molecule has 0 aliphatic carbocycles. The highest BCUT2D eigenvalue weighted by Crippen LogP contribution is 2.45. The number of aromatic amines is 1. The summed E-state index contributed by atoms with van der Waals surface area (Å²) in [6, 6.07) is 16.1. The van der Waals surface area contributed by atoms with E-state index in [1.165, 1.54) is 0 Å². The molecule has 4 rings (SSSR count). The molecule has 1 amide bonds. The third-order valence-corrected chi connectivity index (χ3v) is 5.81. The Balaban J connectivity index is 1.95. The lowest BCUT2D eigenvalue weighted by Gasteiger charge is -2.27. The molecule has 0 bridgehead atoms. The van der Waals surface area contributed by atoms with Crippen LogP contribution in [0.1, 0.15) is 25.5 Å². The molecule has 150 valence electrons. The summed E-state index contributed by atoms with van der Waals surface area (Å²) in [5.74, 6) is 0.876. The zero-order chi connectivity index (χ0) is 20.5. The van der Waals surface area contributed by atoms with Crippen molar-refractivity contribution in [1.29, 1.82) is 0 Å². The number of nitrogens with zero attached hydrogens (tertiary/aromatic N) is 1. The van der Waals surface area contributed by atoms with E-state index in [1.807, 2.05) is 42.2 Å². The third-order valence-electron chi connectivity index (χ3n) is 5.81. The molecule has 5 heteroatoms. The third kappa shape index (κ3) is 3.21. The zero-order valence-electron chi connectivity index (χ0n) is 17.3. The number of benzene rings is 2. The number of amides is 1. The predicted octanol–water partition coefficient (Wildman–Crippen LogP) is 4.71. The summed E-state index contributed by atoms with van der Waals surface area (Å²) in [6.07, 6.45) is 0. The Kier molecular flexibility index (Phi) is 5.16. The number of H-pyrrole nitrogens is 1. The van der Waals surface area contributed by atoms with E-state index in [1.54, 1.807) is 14.2 Å². The normalized spacial score (nSPS) is 16.9. The van der Waals surface area contributed by atoms with Crippen LogP contribution in [0.5, 0.6) is 5.75 Å². The number of nitrogens with one attached hydrogen (secondary N) is 1. The van der Waals surface area contributed by atoms with Gasteiger partial charge in [-0.1, -0.05) is 30.3 Å². The van der Waals surface area contributed by atoms with Crippen LogP contribution in [0.3, 0.4) is 0 Å². The average Bonchev–Trinajstić information content (AvgIpc) is 3.23. The molecule has 3 aromatic rings. The molecule has 5 nitrogen and oxygen atoms in total. The number of carbonyl (C=O) groups is 1. The SMILES string of the molecule is COCCN1C(=O)C(C)=C(C)[C@H]1c1c(-c2cccc(OC)c2)[nH]c2ccccc12. The second kappa shape index (κ2) is 7.76. The number of hydrogen-bond acceptors (Lipinski definition) is 3. The predicted molar refractivity (Wildman–Crippen MR) is 115 cm³/mol. The number of hydrogen-bond donors (Lipinski definition) is 1. The Bertz CT molecular complexity index is 1100. The average molecular weight is 390 g/mol. The van der Waals surface area contributed by atoms with Gasteiger partial charge in [-0.25, -0.2) is 0 Å². The van der Waals surface area contributed by atoms with Gasteiger partial charge < -0.3 is 19.4 Å². The molecule has 0 saturated heterocycles. The van der Waals surface area contributed by atoms with Crippen molar-refractivity contribution in [2.75, 3.05) is 27.4 Å². The molecule has 0 fully saturated rings.